The Kier molecular flexibility index (Phi) is 3.48. The second kappa shape index (κ2) is 5.65. The summed E-state index contributed by atoms with van der Waals surface area (Å²) in [4.78, 5) is 11.3. The SMILES string of the molecule is Cc1csc([C@@H]2CN(c3nc4ccccn4c3C#N)CCO2)n1. The van der Waals surface area contributed by atoms with E-state index in [4.69, 9.17) is 4.74 Å². The van der Waals surface area contributed by atoms with Crippen LogP contribution < -0.4 is 4.90 Å². The predicted molar refractivity (Wildman–Crippen MR) is 87.7 cm³/mol. The van der Waals surface area contributed by atoms with Crippen LogP contribution in [0.3, 0.4) is 0 Å². The molecule has 0 bridgehead atoms. The predicted octanol–water partition coefficient (Wildman–Crippen LogP) is 2.55. The Morgan fingerprint density at radius 3 is 3.09 bits per heavy atom. The van der Waals surface area contributed by atoms with E-state index in [0.717, 1.165) is 28.7 Å². The number of imidazole rings is 1. The van der Waals surface area contributed by atoms with Crippen LogP contribution in [0.1, 0.15) is 22.5 Å². The maximum Gasteiger partial charge on any atom is 0.169 e. The van der Waals surface area contributed by atoms with Crippen molar-refractivity contribution in [2.24, 2.45) is 0 Å². The first-order chi connectivity index (χ1) is 11.3. The van der Waals surface area contributed by atoms with Gasteiger partial charge in [-0.3, -0.25) is 4.40 Å². The number of aromatic nitrogens is 3. The van der Waals surface area contributed by atoms with Crippen molar-refractivity contribution in [2.45, 2.75) is 13.0 Å². The zero-order valence-corrected chi connectivity index (χ0v) is 13.5. The van der Waals surface area contributed by atoms with Crippen molar-refractivity contribution in [3.8, 4) is 6.07 Å². The molecule has 1 fully saturated rings. The second-order valence-corrected chi connectivity index (χ2v) is 6.35. The summed E-state index contributed by atoms with van der Waals surface area (Å²) in [6, 6.07) is 8.02. The lowest BCUT2D eigenvalue weighted by Crippen LogP contribution is -2.39. The van der Waals surface area contributed by atoms with Gasteiger partial charge in [-0.2, -0.15) is 5.26 Å². The van der Waals surface area contributed by atoms with Crippen molar-refractivity contribution in [3.05, 3.63) is 46.2 Å². The standard InChI is InChI=1S/C16H15N5OS/c1-11-10-23-16(18-11)13-9-20(6-7-22-13)15-12(8-17)21-5-3-2-4-14(21)19-15/h2-5,10,13H,6-7,9H2,1H3/t13-/m0/s1. The van der Waals surface area contributed by atoms with Crippen molar-refractivity contribution in [3.63, 3.8) is 0 Å². The van der Waals surface area contributed by atoms with Crippen molar-refractivity contribution in [1.82, 2.24) is 14.4 Å². The van der Waals surface area contributed by atoms with Gasteiger partial charge in [0.2, 0.25) is 0 Å². The first kappa shape index (κ1) is 14.2. The summed E-state index contributed by atoms with van der Waals surface area (Å²) in [5.41, 5.74) is 2.36. The molecule has 4 heterocycles. The average Bonchev–Trinajstić information content (AvgIpc) is 3.18. The minimum absolute atomic E-state index is 0.0706. The van der Waals surface area contributed by atoms with Crippen LogP contribution in [0, 0.1) is 18.3 Å². The molecule has 3 aromatic heterocycles. The van der Waals surface area contributed by atoms with Crippen LogP contribution in [0.5, 0.6) is 0 Å². The van der Waals surface area contributed by atoms with Gasteiger partial charge in [-0.05, 0) is 19.1 Å². The molecule has 7 heteroatoms. The fourth-order valence-corrected chi connectivity index (χ4v) is 3.65. The maximum absolute atomic E-state index is 9.54. The lowest BCUT2D eigenvalue weighted by molar-refractivity contribution is 0.0393. The Morgan fingerprint density at radius 2 is 2.30 bits per heavy atom. The molecule has 1 aliphatic rings. The van der Waals surface area contributed by atoms with E-state index in [1.807, 2.05) is 41.1 Å². The third-order valence-electron chi connectivity index (χ3n) is 3.90. The fraction of sp³-hybridized carbons (Fsp3) is 0.312. The van der Waals surface area contributed by atoms with Crippen molar-refractivity contribution >= 4 is 22.8 Å². The minimum Gasteiger partial charge on any atom is -0.367 e. The normalized spacial score (nSPS) is 18.3. The van der Waals surface area contributed by atoms with Crippen LogP contribution in [0.4, 0.5) is 5.82 Å². The molecule has 4 rings (SSSR count). The van der Waals surface area contributed by atoms with Crippen molar-refractivity contribution < 1.29 is 4.74 Å². The summed E-state index contributed by atoms with van der Waals surface area (Å²) in [6.45, 7) is 3.96. The van der Waals surface area contributed by atoms with Gasteiger partial charge in [-0.1, -0.05) is 6.07 Å². The first-order valence-corrected chi connectivity index (χ1v) is 8.30. The van der Waals surface area contributed by atoms with Crippen LogP contribution in [-0.2, 0) is 4.74 Å². The number of nitrogens with zero attached hydrogens (tertiary/aromatic N) is 5. The Balaban J connectivity index is 1.69. The van der Waals surface area contributed by atoms with Gasteiger partial charge in [0, 0.05) is 23.8 Å². The highest BCUT2D eigenvalue weighted by molar-refractivity contribution is 7.09. The Morgan fingerprint density at radius 1 is 1.39 bits per heavy atom. The Hall–Kier alpha value is -2.43. The molecule has 6 nitrogen and oxygen atoms in total. The highest BCUT2D eigenvalue weighted by atomic mass is 32.1. The topological polar surface area (TPSA) is 66.5 Å². The summed E-state index contributed by atoms with van der Waals surface area (Å²) < 4.78 is 7.69. The van der Waals surface area contributed by atoms with Crippen molar-refractivity contribution in [1.29, 1.82) is 5.26 Å². The van der Waals surface area contributed by atoms with Gasteiger partial charge in [0.1, 0.15) is 22.8 Å². The van der Waals surface area contributed by atoms with E-state index in [0.29, 0.717) is 18.8 Å². The molecule has 0 N–H and O–H groups in total. The molecule has 3 aromatic rings. The smallest absolute Gasteiger partial charge is 0.169 e. The van der Waals surface area contributed by atoms with Crippen molar-refractivity contribution in [2.75, 3.05) is 24.6 Å². The van der Waals surface area contributed by atoms with Crippen LogP contribution in [0.25, 0.3) is 5.65 Å². The summed E-state index contributed by atoms with van der Waals surface area (Å²) in [5.74, 6) is 0.722. The number of hydrogen-bond donors (Lipinski definition) is 0. The number of thiazole rings is 1. The summed E-state index contributed by atoms with van der Waals surface area (Å²) in [5, 5.41) is 12.6. The number of nitriles is 1. The van der Waals surface area contributed by atoms with Gasteiger partial charge < -0.3 is 9.64 Å². The van der Waals surface area contributed by atoms with Gasteiger partial charge in [0.15, 0.2) is 11.5 Å². The molecule has 0 unspecified atom stereocenters. The average molecular weight is 325 g/mol. The fourth-order valence-electron chi connectivity index (χ4n) is 2.82. The lowest BCUT2D eigenvalue weighted by Gasteiger charge is -2.32. The van der Waals surface area contributed by atoms with Gasteiger partial charge in [-0.15, -0.1) is 11.3 Å². The van der Waals surface area contributed by atoms with E-state index < -0.39 is 0 Å². The van der Waals surface area contributed by atoms with Crippen LogP contribution >= 0.6 is 11.3 Å². The third kappa shape index (κ3) is 2.46. The lowest BCUT2D eigenvalue weighted by atomic mass is 10.2. The summed E-state index contributed by atoms with van der Waals surface area (Å²) in [6.07, 6.45) is 1.80. The summed E-state index contributed by atoms with van der Waals surface area (Å²) in [7, 11) is 0. The number of fused-ring (bicyclic) bond motifs is 1. The van der Waals surface area contributed by atoms with Gasteiger partial charge in [0.05, 0.1) is 13.2 Å². The monoisotopic (exact) mass is 325 g/mol. The molecular weight excluding hydrogens is 310 g/mol. The molecule has 0 radical (unpaired) electrons. The second-order valence-electron chi connectivity index (χ2n) is 5.46. The minimum atomic E-state index is -0.0706. The molecule has 1 aliphatic heterocycles. The van der Waals surface area contributed by atoms with Crippen LogP contribution in [0.15, 0.2) is 29.8 Å². The zero-order chi connectivity index (χ0) is 15.8. The van der Waals surface area contributed by atoms with E-state index in [1.54, 1.807) is 11.3 Å². The molecule has 0 amide bonds. The number of hydrogen-bond acceptors (Lipinski definition) is 6. The van der Waals surface area contributed by atoms with E-state index in [-0.39, 0.29) is 6.10 Å². The van der Waals surface area contributed by atoms with Gasteiger partial charge in [-0.25, -0.2) is 9.97 Å². The molecule has 23 heavy (non-hydrogen) atoms. The number of ether oxygens (including phenoxy) is 1. The van der Waals surface area contributed by atoms with Gasteiger partial charge in [0.25, 0.3) is 0 Å². The van der Waals surface area contributed by atoms with Crippen LogP contribution in [-0.4, -0.2) is 34.1 Å². The molecule has 116 valence electrons. The van der Waals surface area contributed by atoms with E-state index >= 15 is 0 Å². The van der Waals surface area contributed by atoms with Crippen LogP contribution in [0.2, 0.25) is 0 Å². The highest BCUT2D eigenvalue weighted by Crippen LogP contribution is 2.29. The molecule has 1 saturated heterocycles. The molecule has 0 spiro atoms. The van der Waals surface area contributed by atoms with Gasteiger partial charge >= 0.3 is 0 Å². The number of morpholine rings is 1. The quantitative estimate of drug-likeness (QED) is 0.724. The Labute approximate surface area is 137 Å². The molecule has 0 aromatic carbocycles. The summed E-state index contributed by atoms with van der Waals surface area (Å²) >= 11 is 1.61. The number of rotatable bonds is 2. The van der Waals surface area contributed by atoms with E-state index in [2.05, 4.69) is 20.9 Å². The van der Waals surface area contributed by atoms with E-state index in [1.165, 1.54) is 0 Å². The largest absolute Gasteiger partial charge is 0.367 e. The molecule has 0 aliphatic carbocycles. The zero-order valence-electron chi connectivity index (χ0n) is 12.6. The molecular formula is C16H15N5OS. The first-order valence-electron chi connectivity index (χ1n) is 7.42. The molecule has 0 saturated carbocycles. The number of pyridine rings is 1. The molecule has 1 atom stereocenters. The number of anilines is 1. The highest BCUT2D eigenvalue weighted by Gasteiger charge is 2.28. The maximum atomic E-state index is 9.54. The Bertz CT molecular complexity index is 893. The van der Waals surface area contributed by atoms with E-state index in [9.17, 15) is 5.26 Å². The number of aryl methyl sites for hydroxylation is 1. The third-order valence-corrected chi connectivity index (χ3v) is 4.95.